The first-order valence-corrected chi connectivity index (χ1v) is 27.9. The number of amides is 1. The third-order valence-electron chi connectivity index (χ3n) is 13.1. The molecule has 0 aromatic rings. The number of unbranched alkanes of at least 4 members (excludes halogenated alkanes) is 39. The van der Waals surface area contributed by atoms with E-state index in [1.54, 1.807) is 0 Å². The van der Waals surface area contributed by atoms with E-state index in [0.717, 1.165) is 44.9 Å². The molecule has 0 spiro atoms. The largest absolute Gasteiger partial charge is 0.466 e. The SMILES string of the molecule is CCCCC/C=C\CCCCCCCC(=O)OCCCCCCCCCCCCCCCCCCCCCCCCCC(=O)NC(CO)C(O)CCCCCCCCCCCC. The number of hydrogen-bond donors (Lipinski definition) is 3. The second kappa shape index (κ2) is 52.2. The number of carbonyl (C=O) groups excluding carboxylic acids is 2. The number of rotatable bonds is 52. The van der Waals surface area contributed by atoms with Gasteiger partial charge in [-0.15, -0.1) is 0 Å². The number of nitrogens with one attached hydrogen (secondary N) is 1. The van der Waals surface area contributed by atoms with Crippen molar-refractivity contribution in [3.63, 3.8) is 0 Å². The monoisotopic (exact) mass is 876 g/mol. The smallest absolute Gasteiger partial charge is 0.305 e. The molecule has 2 atom stereocenters. The third-order valence-corrected chi connectivity index (χ3v) is 13.1. The van der Waals surface area contributed by atoms with Gasteiger partial charge in [-0.1, -0.05) is 257 Å². The standard InChI is InChI=1S/C56H109NO5/c1-3-5-7-9-11-13-15-30-34-38-42-46-50-56(61)62-51-47-43-39-35-31-28-26-24-22-20-18-16-17-19-21-23-25-27-29-33-37-41-45-49-55(60)57-53(52-58)54(59)48-44-40-36-32-14-12-10-8-6-4-2/h11,13,53-54,58-59H,3-10,12,14-52H2,1-2H3,(H,57,60)/b13-11-. The summed E-state index contributed by atoms with van der Waals surface area (Å²) in [4.78, 5) is 24.4. The molecule has 2 unspecified atom stereocenters. The maximum Gasteiger partial charge on any atom is 0.305 e. The number of aliphatic hydroxyl groups is 2. The molecule has 0 aliphatic rings. The minimum absolute atomic E-state index is 0.00439. The molecule has 0 aliphatic heterocycles. The molecule has 0 fully saturated rings. The third kappa shape index (κ3) is 48.1. The Morgan fingerprint density at radius 2 is 0.758 bits per heavy atom. The van der Waals surface area contributed by atoms with Crippen molar-refractivity contribution < 1.29 is 24.5 Å². The van der Waals surface area contributed by atoms with E-state index in [1.165, 1.54) is 231 Å². The molecule has 0 saturated carbocycles. The Labute approximate surface area is 387 Å². The van der Waals surface area contributed by atoms with Crippen LogP contribution in [0.5, 0.6) is 0 Å². The Balaban J connectivity index is 3.34. The van der Waals surface area contributed by atoms with Crippen LogP contribution in [-0.4, -0.2) is 47.4 Å². The first-order chi connectivity index (χ1) is 30.5. The summed E-state index contributed by atoms with van der Waals surface area (Å²) in [5, 5.41) is 23.1. The van der Waals surface area contributed by atoms with Crippen molar-refractivity contribution in [2.75, 3.05) is 13.2 Å². The molecule has 0 aromatic heterocycles. The summed E-state index contributed by atoms with van der Waals surface area (Å²) in [5.41, 5.74) is 0. The van der Waals surface area contributed by atoms with Crippen LogP contribution in [0.3, 0.4) is 0 Å². The fourth-order valence-corrected chi connectivity index (χ4v) is 8.75. The van der Waals surface area contributed by atoms with Gasteiger partial charge in [0.25, 0.3) is 0 Å². The summed E-state index contributed by atoms with van der Waals surface area (Å²) in [6.45, 7) is 4.92. The van der Waals surface area contributed by atoms with Crippen molar-refractivity contribution in [1.29, 1.82) is 0 Å². The summed E-state index contributed by atoms with van der Waals surface area (Å²) in [6.07, 6.45) is 60.7. The molecular formula is C56H109NO5. The van der Waals surface area contributed by atoms with Gasteiger partial charge in [0, 0.05) is 12.8 Å². The van der Waals surface area contributed by atoms with Crippen molar-refractivity contribution in [3.8, 4) is 0 Å². The zero-order valence-corrected chi connectivity index (χ0v) is 41.9. The van der Waals surface area contributed by atoms with Gasteiger partial charge in [-0.05, 0) is 51.4 Å². The summed E-state index contributed by atoms with van der Waals surface area (Å²) >= 11 is 0. The summed E-state index contributed by atoms with van der Waals surface area (Å²) in [7, 11) is 0. The molecule has 6 heteroatoms. The maximum atomic E-state index is 12.4. The number of aliphatic hydroxyl groups excluding tert-OH is 2. The average Bonchev–Trinajstić information content (AvgIpc) is 3.27. The highest BCUT2D eigenvalue weighted by atomic mass is 16.5. The van der Waals surface area contributed by atoms with Gasteiger partial charge in [0.05, 0.1) is 25.4 Å². The van der Waals surface area contributed by atoms with Gasteiger partial charge in [-0.25, -0.2) is 0 Å². The summed E-state index contributed by atoms with van der Waals surface area (Å²) in [6, 6.07) is -0.538. The van der Waals surface area contributed by atoms with Gasteiger partial charge in [0.1, 0.15) is 0 Å². The molecule has 0 saturated heterocycles. The maximum absolute atomic E-state index is 12.4. The van der Waals surface area contributed by atoms with Crippen LogP contribution in [0, 0.1) is 0 Å². The van der Waals surface area contributed by atoms with E-state index >= 15 is 0 Å². The number of esters is 1. The quantitative estimate of drug-likeness (QED) is 0.0321. The lowest BCUT2D eigenvalue weighted by atomic mass is 10.0. The molecular weight excluding hydrogens is 767 g/mol. The highest BCUT2D eigenvalue weighted by molar-refractivity contribution is 5.76. The van der Waals surface area contributed by atoms with Crippen LogP contribution >= 0.6 is 0 Å². The zero-order valence-electron chi connectivity index (χ0n) is 41.9. The van der Waals surface area contributed by atoms with Crippen molar-refractivity contribution in [2.45, 2.75) is 321 Å². The molecule has 3 N–H and O–H groups in total. The lowest BCUT2D eigenvalue weighted by molar-refractivity contribution is -0.143. The van der Waals surface area contributed by atoms with Crippen LogP contribution in [0.25, 0.3) is 0 Å². The number of allylic oxidation sites excluding steroid dienone is 2. The Morgan fingerprint density at radius 3 is 1.18 bits per heavy atom. The lowest BCUT2D eigenvalue weighted by Gasteiger charge is -2.22. The predicted molar refractivity (Wildman–Crippen MR) is 269 cm³/mol. The second-order valence-corrected chi connectivity index (χ2v) is 19.3. The van der Waals surface area contributed by atoms with Gasteiger partial charge >= 0.3 is 5.97 Å². The second-order valence-electron chi connectivity index (χ2n) is 19.3. The van der Waals surface area contributed by atoms with Crippen LogP contribution in [0.15, 0.2) is 12.2 Å². The molecule has 0 aromatic carbocycles. The molecule has 368 valence electrons. The summed E-state index contributed by atoms with van der Waals surface area (Å²) in [5.74, 6) is -0.0309. The molecule has 62 heavy (non-hydrogen) atoms. The molecule has 0 aliphatic carbocycles. The molecule has 0 rings (SSSR count). The molecule has 0 radical (unpaired) electrons. The van der Waals surface area contributed by atoms with E-state index in [4.69, 9.17) is 4.74 Å². The van der Waals surface area contributed by atoms with Crippen LogP contribution in [0.1, 0.15) is 309 Å². The molecule has 1 amide bonds. The number of carbonyl (C=O) groups is 2. The molecule has 0 bridgehead atoms. The van der Waals surface area contributed by atoms with Crippen LogP contribution in [0.4, 0.5) is 0 Å². The topological polar surface area (TPSA) is 95.9 Å². The predicted octanol–water partition coefficient (Wildman–Crippen LogP) is 16.9. The Morgan fingerprint density at radius 1 is 0.435 bits per heavy atom. The van der Waals surface area contributed by atoms with Crippen molar-refractivity contribution in [1.82, 2.24) is 5.32 Å². The van der Waals surface area contributed by atoms with E-state index in [0.29, 0.717) is 25.9 Å². The highest BCUT2D eigenvalue weighted by Crippen LogP contribution is 2.17. The van der Waals surface area contributed by atoms with Crippen LogP contribution in [-0.2, 0) is 14.3 Å². The van der Waals surface area contributed by atoms with E-state index in [1.807, 2.05) is 0 Å². The van der Waals surface area contributed by atoms with E-state index in [2.05, 4.69) is 31.3 Å². The summed E-state index contributed by atoms with van der Waals surface area (Å²) < 4.78 is 5.46. The first-order valence-electron chi connectivity index (χ1n) is 27.9. The van der Waals surface area contributed by atoms with Gasteiger partial charge in [0.15, 0.2) is 0 Å². The minimum Gasteiger partial charge on any atom is -0.466 e. The van der Waals surface area contributed by atoms with Gasteiger partial charge in [0.2, 0.25) is 5.91 Å². The van der Waals surface area contributed by atoms with Gasteiger partial charge in [-0.2, -0.15) is 0 Å². The minimum atomic E-state index is -0.661. The van der Waals surface area contributed by atoms with Crippen LogP contribution < -0.4 is 5.32 Å². The van der Waals surface area contributed by atoms with E-state index in [9.17, 15) is 19.8 Å². The van der Waals surface area contributed by atoms with Crippen molar-refractivity contribution in [2.24, 2.45) is 0 Å². The van der Waals surface area contributed by atoms with Gasteiger partial charge < -0.3 is 20.3 Å². The van der Waals surface area contributed by atoms with Gasteiger partial charge in [-0.3, -0.25) is 9.59 Å². The van der Waals surface area contributed by atoms with E-state index in [-0.39, 0.29) is 18.5 Å². The Kier molecular flexibility index (Phi) is 51.0. The normalized spacial score (nSPS) is 12.6. The highest BCUT2D eigenvalue weighted by Gasteiger charge is 2.20. The fourth-order valence-electron chi connectivity index (χ4n) is 8.75. The average molecular weight is 876 g/mol. The number of ether oxygens (including phenoxy) is 1. The van der Waals surface area contributed by atoms with Crippen LogP contribution in [0.2, 0.25) is 0 Å². The molecule has 0 heterocycles. The van der Waals surface area contributed by atoms with Crippen molar-refractivity contribution in [3.05, 3.63) is 12.2 Å². The zero-order chi connectivity index (χ0) is 45.1. The first kappa shape index (κ1) is 60.6. The van der Waals surface area contributed by atoms with E-state index < -0.39 is 12.1 Å². The fraction of sp³-hybridized carbons (Fsp3) is 0.929. The lowest BCUT2D eigenvalue weighted by Crippen LogP contribution is -2.45. The number of hydrogen-bond acceptors (Lipinski definition) is 5. The molecule has 6 nitrogen and oxygen atoms in total. The van der Waals surface area contributed by atoms with Crippen molar-refractivity contribution >= 4 is 11.9 Å². The Hall–Kier alpha value is -1.40. The Bertz CT molecular complexity index is 924.